The molecule has 1 atom stereocenters. The standard InChI is InChI=1S/C14H19BrFNO/c1-10(3-2-8-17-12-5-6-12)18-14-7-4-11(15)9-13(14)16/h4,7,9-10,12,17H,2-3,5-6,8H2,1H3. The van der Waals surface area contributed by atoms with Crippen molar-refractivity contribution in [3.8, 4) is 5.75 Å². The summed E-state index contributed by atoms with van der Waals surface area (Å²) >= 11 is 3.23. The van der Waals surface area contributed by atoms with Crippen LogP contribution in [0.15, 0.2) is 22.7 Å². The van der Waals surface area contributed by atoms with Crippen LogP contribution in [0.5, 0.6) is 5.75 Å². The first kappa shape index (κ1) is 13.8. The van der Waals surface area contributed by atoms with Crippen LogP contribution < -0.4 is 10.1 Å². The molecule has 4 heteroatoms. The Morgan fingerprint density at radius 2 is 2.28 bits per heavy atom. The number of hydrogen-bond donors (Lipinski definition) is 1. The van der Waals surface area contributed by atoms with E-state index in [1.807, 2.05) is 6.92 Å². The lowest BCUT2D eigenvalue weighted by molar-refractivity contribution is 0.198. The molecule has 1 aromatic carbocycles. The maximum Gasteiger partial charge on any atom is 0.166 e. The van der Waals surface area contributed by atoms with Gasteiger partial charge >= 0.3 is 0 Å². The zero-order valence-electron chi connectivity index (χ0n) is 10.6. The van der Waals surface area contributed by atoms with Crippen molar-refractivity contribution in [2.45, 2.75) is 44.8 Å². The average molecular weight is 316 g/mol. The Bertz CT molecular complexity index is 395. The molecule has 1 fully saturated rings. The summed E-state index contributed by atoms with van der Waals surface area (Å²) < 4.78 is 19.9. The normalized spacial score (nSPS) is 16.6. The molecule has 1 unspecified atom stereocenters. The molecule has 0 saturated heterocycles. The highest BCUT2D eigenvalue weighted by Gasteiger charge is 2.19. The topological polar surface area (TPSA) is 21.3 Å². The summed E-state index contributed by atoms with van der Waals surface area (Å²) in [6, 6.07) is 5.64. The Hall–Kier alpha value is -0.610. The van der Waals surface area contributed by atoms with Gasteiger partial charge in [-0.2, -0.15) is 0 Å². The average Bonchev–Trinajstić information content (AvgIpc) is 3.12. The minimum atomic E-state index is -0.313. The van der Waals surface area contributed by atoms with Crippen LogP contribution >= 0.6 is 15.9 Å². The molecule has 0 amide bonds. The van der Waals surface area contributed by atoms with Gasteiger partial charge in [-0.15, -0.1) is 0 Å². The van der Waals surface area contributed by atoms with E-state index in [-0.39, 0.29) is 11.9 Å². The van der Waals surface area contributed by atoms with Crippen molar-refractivity contribution in [3.63, 3.8) is 0 Å². The van der Waals surface area contributed by atoms with Gasteiger partial charge in [0.25, 0.3) is 0 Å². The molecule has 0 radical (unpaired) electrons. The third-order valence-corrected chi connectivity index (χ3v) is 3.51. The van der Waals surface area contributed by atoms with Gasteiger partial charge < -0.3 is 10.1 Å². The van der Waals surface area contributed by atoms with E-state index in [0.29, 0.717) is 5.75 Å². The molecule has 1 aliphatic carbocycles. The molecule has 0 heterocycles. The molecule has 2 nitrogen and oxygen atoms in total. The van der Waals surface area contributed by atoms with Gasteiger partial charge in [0.1, 0.15) is 0 Å². The Labute approximate surface area is 116 Å². The lowest BCUT2D eigenvalue weighted by Gasteiger charge is -2.15. The summed E-state index contributed by atoms with van der Waals surface area (Å²) in [5, 5.41) is 3.46. The van der Waals surface area contributed by atoms with Crippen molar-refractivity contribution in [2.75, 3.05) is 6.54 Å². The molecule has 1 aromatic rings. The fourth-order valence-corrected chi connectivity index (χ4v) is 2.16. The zero-order valence-corrected chi connectivity index (χ0v) is 12.2. The minimum Gasteiger partial charge on any atom is -0.488 e. The van der Waals surface area contributed by atoms with E-state index in [1.54, 1.807) is 12.1 Å². The van der Waals surface area contributed by atoms with E-state index in [0.717, 1.165) is 29.9 Å². The smallest absolute Gasteiger partial charge is 0.166 e. The largest absolute Gasteiger partial charge is 0.488 e. The highest BCUT2D eigenvalue weighted by Crippen LogP contribution is 2.23. The second-order valence-corrected chi connectivity index (χ2v) is 5.79. The van der Waals surface area contributed by atoms with Crippen LogP contribution in [0.4, 0.5) is 4.39 Å². The number of benzene rings is 1. The Morgan fingerprint density at radius 1 is 1.50 bits per heavy atom. The van der Waals surface area contributed by atoms with E-state index in [2.05, 4.69) is 21.2 Å². The summed E-state index contributed by atoms with van der Waals surface area (Å²) in [4.78, 5) is 0. The maximum atomic E-state index is 13.5. The number of rotatable bonds is 7. The van der Waals surface area contributed by atoms with Gasteiger partial charge in [-0.3, -0.25) is 0 Å². The number of nitrogens with one attached hydrogen (secondary N) is 1. The fraction of sp³-hybridized carbons (Fsp3) is 0.571. The first-order valence-corrected chi connectivity index (χ1v) is 7.29. The quantitative estimate of drug-likeness (QED) is 0.771. The van der Waals surface area contributed by atoms with Crippen LogP contribution in [0.2, 0.25) is 0 Å². The molecular formula is C14H19BrFNO. The Morgan fingerprint density at radius 3 is 2.94 bits per heavy atom. The number of halogens is 2. The van der Waals surface area contributed by atoms with Crippen LogP contribution in [-0.4, -0.2) is 18.7 Å². The summed E-state index contributed by atoms with van der Waals surface area (Å²) in [7, 11) is 0. The van der Waals surface area contributed by atoms with Crippen molar-refractivity contribution >= 4 is 15.9 Å². The van der Waals surface area contributed by atoms with Crippen LogP contribution in [0.1, 0.15) is 32.6 Å². The molecule has 1 aliphatic rings. The first-order chi connectivity index (χ1) is 8.65. The summed E-state index contributed by atoms with van der Waals surface area (Å²) in [5.74, 6) is 0.0215. The van der Waals surface area contributed by atoms with Gasteiger partial charge in [-0.05, 0) is 57.4 Å². The molecular weight excluding hydrogens is 297 g/mol. The van der Waals surface area contributed by atoms with Gasteiger partial charge in [0.15, 0.2) is 11.6 Å². The minimum absolute atomic E-state index is 0.0432. The van der Waals surface area contributed by atoms with Gasteiger partial charge in [0.05, 0.1) is 6.10 Å². The second-order valence-electron chi connectivity index (χ2n) is 4.87. The maximum absolute atomic E-state index is 13.5. The lowest BCUT2D eigenvalue weighted by atomic mass is 10.2. The third kappa shape index (κ3) is 4.58. The van der Waals surface area contributed by atoms with Gasteiger partial charge in [0.2, 0.25) is 0 Å². The van der Waals surface area contributed by atoms with E-state index < -0.39 is 0 Å². The monoisotopic (exact) mass is 315 g/mol. The van der Waals surface area contributed by atoms with Crippen LogP contribution in [0, 0.1) is 5.82 Å². The molecule has 1 N–H and O–H groups in total. The highest BCUT2D eigenvalue weighted by atomic mass is 79.9. The first-order valence-electron chi connectivity index (χ1n) is 6.50. The van der Waals surface area contributed by atoms with Crippen LogP contribution in [0.3, 0.4) is 0 Å². The third-order valence-electron chi connectivity index (χ3n) is 3.02. The molecule has 1 saturated carbocycles. The van der Waals surface area contributed by atoms with Crippen molar-refractivity contribution in [2.24, 2.45) is 0 Å². The Kier molecular flexibility index (Phi) is 5.01. The second kappa shape index (κ2) is 6.53. The summed E-state index contributed by atoms with van der Waals surface area (Å²) in [6.45, 7) is 3.01. The molecule has 0 aromatic heterocycles. The summed E-state index contributed by atoms with van der Waals surface area (Å²) in [6.07, 6.45) is 4.68. The van der Waals surface area contributed by atoms with E-state index in [1.165, 1.54) is 18.9 Å². The lowest BCUT2D eigenvalue weighted by Crippen LogP contribution is -2.20. The van der Waals surface area contributed by atoms with Crippen molar-refractivity contribution < 1.29 is 9.13 Å². The van der Waals surface area contributed by atoms with Gasteiger partial charge in [-0.1, -0.05) is 15.9 Å². The van der Waals surface area contributed by atoms with Crippen molar-refractivity contribution in [1.29, 1.82) is 0 Å². The van der Waals surface area contributed by atoms with Crippen molar-refractivity contribution in [3.05, 3.63) is 28.5 Å². The predicted molar refractivity (Wildman–Crippen MR) is 74.4 cm³/mol. The number of hydrogen-bond acceptors (Lipinski definition) is 2. The molecule has 18 heavy (non-hydrogen) atoms. The molecule has 2 rings (SSSR count). The Balaban J connectivity index is 1.70. The van der Waals surface area contributed by atoms with Crippen LogP contribution in [-0.2, 0) is 0 Å². The predicted octanol–water partition coefficient (Wildman–Crippen LogP) is 3.89. The molecule has 0 aliphatic heterocycles. The zero-order chi connectivity index (χ0) is 13.0. The van der Waals surface area contributed by atoms with Crippen LogP contribution in [0.25, 0.3) is 0 Å². The highest BCUT2D eigenvalue weighted by molar-refractivity contribution is 9.10. The molecule has 0 bridgehead atoms. The van der Waals surface area contributed by atoms with Gasteiger partial charge in [0, 0.05) is 10.5 Å². The molecule has 100 valence electrons. The van der Waals surface area contributed by atoms with Crippen molar-refractivity contribution in [1.82, 2.24) is 5.32 Å². The number of ether oxygens (including phenoxy) is 1. The molecule has 0 spiro atoms. The van der Waals surface area contributed by atoms with E-state index in [4.69, 9.17) is 4.74 Å². The van der Waals surface area contributed by atoms with Gasteiger partial charge in [-0.25, -0.2) is 4.39 Å². The van der Waals surface area contributed by atoms with E-state index >= 15 is 0 Å². The fourth-order valence-electron chi connectivity index (χ4n) is 1.83. The summed E-state index contributed by atoms with van der Waals surface area (Å²) in [5.41, 5.74) is 0. The van der Waals surface area contributed by atoms with E-state index in [9.17, 15) is 4.39 Å². The SMILES string of the molecule is CC(CCCNC1CC1)Oc1ccc(Br)cc1F.